The molecule has 8 heteroatoms. The Hall–Kier alpha value is -1.09. The first-order valence-corrected chi connectivity index (χ1v) is 7.39. The van der Waals surface area contributed by atoms with Crippen molar-refractivity contribution >= 4 is 27.8 Å². The lowest BCUT2D eigenvalue weighted by Gasteiger charge is -1.98. The molecule has 0 atom stereocenters. The molecule has 2 aromatic heterocycles. The van der Waals surface area contributed by atoms with E-state index in [0.29, 0.717) is 13.2 Å². The number of anilines is 1. The summed E-state index contributed by atoms with van der Waals surface area (Å²) in [4.78, 5) is 5.51. The average Bonchev–Trinajstić information content (AvgIpc) is 2.97. The van der Waals surface area contributed by atoms with Crippen molar-refractivity contribution in [2.24, 2.45) is 0 Å². The van der Waals surface area contributed by atoms with Gasteiger partial charge in [-0.3, -0.25) is 0 Å². The highest BCUT2D eigenvalue weighted by Crippen LogP contribution is 2.33. The van der Waals surface area contributed by atoms with Crippen molar-refractivity contribution in [1.29, 1.82) is 0 Å². The minimum atomic E-state index is 0.531. The molecule has 0 fully saturated rings. The van der Waals surface area contributed by atoms with Crippen molar-refractivity contribution in [3.8, 4) is 9.88 Å². The second-order valence-corrected chi connectivity index (χ2v) is 5.85. The Labute approximate surface area is 119 Å². The number of hydrogen-bond donors (Lipinski definition) is 1. The van der Waals surface area contributed by atoms with Gasteiger partial charge in [-0.2, -0.15) is 0 Å². The van der Waals surface area contributed by atoms with Crippen LogP contribution < -0.4 is 5.32 Å². The van der Waals surface area contributed by atoms with Crippen molar-refractivity contribution in [2.45, 2.75) is 13.5 Å². The summed E-state index contributed by atoms with van der Waals surface area (Å²) >= 11 is 3.12. The molecular formula is C11H16N4O2S2. The Kier molecular flexibility index (Phi) is 5.20. The Balaban J connectivity index is 2.09. The van der Waals surface area contributed by atoms with E-state index >= 15 is 0 Å². The molecule has 0 aliphatic heterocycles. The molecule has 6 nitrogen and oxygen atoms in total. The highest BCUT2D eigenvalue weighted by Gasteiger charge is 2.14. The number of methoxy groups -OCH3 is 2. The van der Waals surface area contributed by atoms with Crippen LogP contribution in [0.4, 0.5) is 5.13 Å². The maximum Gasteiger partial charge on any atom is 0.206 e. The second kappa shape index (κ2) is 6.90. The lowest BCUT2D eigenvalue weighted by atomic mass is 10.4. The third kappa shape index (κ3) is 3.69. The van der Waals surface area contributed by atoms with Gasteiger partial charge in [0.25, 0.3) is 0 Å². The standard InChI is InChI=1S/C11H16N4O2S2/c1-7-9(18-8(13-7)6-17-3)10-14-15-11(19-10)12-4-5-16-2/h4-6H2,1-3H3,(H,12,15). The zero-order valence-corrected chi connectivity index (χ0v) is 12.7. The van der Waals surface area contributed by atoms with Crippen LogP contribution in [0, 0.1) is 6.92 Å². The Morgan fingerprint density at radius 1 is 1.16 bits per heavy atom. The van der Waals surface area contributed by atoms with Gasteiger partial charge in [0.15, 0.2) is 5.01 Å². The molecule has 0 bridgehead atoms. The summed E-state index contributed by atoms with van der Waals surface area (Å²) in [5.41, 5.74) is 0.969. The fourth-order valence-electron chi connectivity index (χ4n) is 1.48. The first-order chi connectivity index (χ1) is 9.24. The summed E-state index contributed by atoms with van der Waals surface area (Å²) in [5.74, 6) is 0. The number of nitrogens with one attached hydrogen (secondary N) is 1. The number of hydrogen-bond acceptors (Lipinski definition) is 8. The summed E-state index contributed by atoms with van der Waals surface area (Å²) in [5, 5.41) is 14.1. The lowest BCUT2D eigenvalue weighted by Crippen LogP contribution is -2.06. The Morgan fingerprint density at radius 3 is 2.74 bits per heavy atom. The normalized spacial score (nSPS) is 10.9. The zero-order chi connectivity index (χ0) is 13.7. The molecule has 0 aromatic carbocycles. The summed E-state index contributed by atoms with van der Waals surface area (Å²) < 4.78 is 10.1. The molecule has 0 radical (unpaired) electrons. The highest BCUT2D eigenvalue weighted by molar-refractivity contribution is 7.23. The smallest absolute Gasteiger partial charge is 0.206 e. The highest BCUT2D eigenvalue weighted by atomic mass is 32.1. The van der Waals surface area contributed by atoms with E-state index in [9.17, 15) is 0 Å². The molecule has 0 spiro atoms. The van der Waals surface area contributed by atoms with E-state index in [4.69, 9.17) is 9.47 Å². The maximum absolute atomic E-state index is 5.09. The molecule has 104 valence electrons. The maximum atomic E-state index is 5.09. The van der Waals surface area contributed by atoms with Gasteiger partial charge in [0.05, 0.1) is 23.8 Å². The number of rotatable bonds is 7. The molecule has 0 aliphatic carbocycles. The van der Waals surface area contributed by atoms with Crippen LogP contribution in [0.2, 0.25) is 0 Å². The molecule has 1 N–H and O–H groups in total. The number of aromatic nitrogens is 3. The van der Waals surface area contributed by atoms with Crippen molar-refractivity contribution in [2.75, 3.05) is 32.7 Å². The van der Waals surface area contributed by atoms with E-state index in [0.717, 1.165) is 32.3 Å². The lowest BCUT2D eigenvalue weighted by molar-refractivity contribution is 0.184. The largest absolute Gasteiger partial charge is 0.383 e. The molecule has 0 aliphatic rings. The van der Waals surface area contributed by atoms with Crippen LogP contribution in [-0.2, 0) is 16.1 Å². The van der Waals surface area contributed by atoms with Gasteiger partial charge in [-0.05, 0) is 6.92 Å². The Morgan fingerprint density at radius 2 is 2.00 bits per heavy atom. The van der Waals surface area contributed by atoms with E-state index in [1.807, 2.05) is 6.92 Å². The van der Waals surface area contributed by atoms with E-state index in [1.165, 1.54) is 11.3 Å². The van der Waals surface area contributed by atoms with Crippen LogP contribution in [-0.4, -0.2) is 42.6 Å². The van der Waals surface area contributed by atoms with Crippen LogP contribution >= 0.6 is 22.7 Å². The van der Waals surface area contributed by atoms with E-state index < -0.39 is 0 Å². The van der Waals surface area contributed by atoms with Crippen LogP contribution in [0.15, 0.2) is 0 Å². The first kappa shape index (κ1) is 14.3. The molecule has 19 heavy (non-hydrogen) atoms. The minimum absolute atomic E-state index is 0.531. The molecule has 0 unspecified atom stereocenters. The molecule has 2 aromatic rings. The minimum Gasteiger partial charge on any atom is -0.383 e. The Bertz CT molecular complexity index is 526. The van der Waals surface area contributed by atoms with Crippen molar-refractivity contribution < 1.29 is 9.47 Å². The zero-order valence-electron chi connectivity index (χ0n) is 11.1. The molecule has 0 saturated carbocycles. The van der Waals surface area contributed by atoms with E-state index in [1.54, 1.807) is 25.6 Å². The van der Waals surface area contributed by atoms with E-state index in [2.05, 4.69) is 20.5 Å². The van der Waals surface area contributed by atoms with Gasteiger partial charge in [-0.1, -0.05) is 11.3 Å². The van der Waals surface area contributed by atoms with Crippen molar-refractivity contribution in [1.82, 2.24) is 15.2 Å². The summed E-state index contributed by atoms with van der Waals surface area (Å²) in [6.45, 7) is 3.88. The van der Waals surface area contributed by atoms with Gasteiger partial charge >= 0.3 is 0 Å². The topological polar surface area (TPSA) is 69.2 Å². The van der Waals surface area contributed by atoms with Crippen LogP contribution in [0.25, 0.3) is 9.88 Å². The van der Waals surface area contributed by atoms with Gasteiger partial charge in [0.1, 0.15) is 5.01 Å². The van der Waals surface area contributed by atoms with Crippen LogP contribution in [0.3, 0.4) is 0 Å². The van der Waals surface area contributed by atoms with Gasteiger partial charge in [-0.25, -0.2) is 4.98 Å². The number of aryl methyl sites for hydroxylation is 1. The van der Waals surface area contributed by atoms with Crippen molar-refractivity contribution in [3.63, 3.8) is 0 Å². The summed E-state index contributed by atoms with van der Waals surface area (Å²) in [6.07, 6.45) is 0. The predicted molar refractivity (Wildman–Crippen MR) is 76.8 cm³/mol. The molecule has 0 amide bonds. The van der Waals surface area contributed by atoms with Crippen LogP contribution in [0.5, 0.6) is 0 Å². The molecule has 0 saturated heterocycles. The van der Waals surface area contributed by atoms with Crippen LogP contribution in [0.1, 0.15) is 10.7 Å². The average molecular weight is 300 g/mol. The van der Waals surface area contributed by atoms with Gasteiger partial charge in [0.2, 0.25) is 5.13 Å². The van der Waals surface area contributed by atoms with Gasteiger partial charge in [-0.15, -0.1) is 21.5 Å². The quantitative estimate of drug-likeness (QED) is 0.790. The molecule has 2 heterocycles. The SMILES string of the molecule is COCCNc1nnc(-c2sc(COC)nc2C)s1. The number of ether oxygens (including phenoxy) is 2. The third-order valence-electron chi connectivity index (χ3n) is 2.31. The molecular weight excluding hydrogens is 284 g/mol. The number of thiazole rings is 1. The fraction of sp³-hybridized carbons (Fsp3) is 0.545. The molecule has 2 rings (SSSR count). The third-order valence-corrected chi connectivity index (χ3v) is 4.48. The van der Waals surface area contributed by atoms with Crippen molar-refractivity contribution in [3.05, 3.63) is 10.7 Å². The van der Waals surface area contributed by atoms with Gasteiger partial charge < -0.3 is 14.8 Å². The summed E-state index contributed by atoms with van der Waals surface area (Å²) in [6, 6.07) is 0. The monoisotopic (exact) mass is 300 g/mol. The predicted octanol–water partition coefficient (Wildman–Crippen LogP) is 2.17. The van der Waals surface area contributed by atoms with Gasteiger partial charge in [0, 0.05) is 20.8 Å². The number of nitrogens with zero attached hydrogens (tertiary/aromatic N) is 3. The second-order valence-electron chi connectivity index (χ2n) is 3.79. The van der Waals surface area contributed by atoms with E-state index in [-0.39, 0.29) is 0 Å². The fourth-order valence-corrected chi connectivity index (χ4v) is 3.41. The summed E-state index contributed by atoms with van der Waals surface area (Å²) in [7, 11) is 3.34. The first-order valence-electron chi connectivity index (χ1n) is 5.76.